The van der Waals surface area contributed by atoms with Gasteiger partial charge in [-0.25, -0.2) is 4.68 Å². The lowest BCUT2D eigenvalue weighted by atomic mass is 10.1. The Balaban J connectivity index is 1.96. The normalized spacial score (nSPS) is 11.8. The molecule has 32 heavy (non-hydrogen) atoms. The van der Waals surface area contributed by atoms with Crippen molar-refractivity contribution in [1.29, 1.82) is 0 Å². The Morgan fingerprint density at radius 3 is 2.09 bits per heavy atom. The maximum absolute atomic E-state index is 13.4. The number of aromatic nitrogens is 2. The lowest BCUT2D eigenvalue weighted by Gasteiger charge is -2.17. The largest absolute Gasteiger partial charge is 0.418 e. The van der Waals surface area contributed by atoms with E-state index in [4.69, 9.17) is 0 Å². The predicted molar refractivity (Wildman–Crippen MR) is 102 cm³/mol. The summed E-state index contributed by atoms with van der Waals surface area (Å²) in [5, 5.41) is 3.73. The van der Waals surface area contributed by atoms with Crippen molar-refractivity contribution in [2.24, 2.45) is 0 Å². The van der Waals surface area contributed by atoms with Crippen LogP contribution in [-0.2, 0) is 12.4 Å². The molecule has 1 amide bonds. The first kappa shape index (κ1) is 22.8. The van der Waals surface area contributed by atoms with Crippen molar-refractivity contribution in [3.05, 3.63) is 87.3 Å². The summed E-state index contributed by atoms with van der Waals surface area (Å²) >= 11 is 0. The summed E-state index contributed by atoms with van der Waals surface area (Å²) in [4.78, 5) is 24.6. The zero-order valence-electron chi connectivity index (χ0n) is 16.2. The molecule has 3 rings (SSSR count). The standard InChI is InChI=1S/C20H14F6N4O2/c1-11-10-16(31)17(29-30(11)15-9-5-3-7-13(15)20(24,25)26)18(32)28-27-14-8-4-2-6-12(14)19(21,22)23/h2-10,27H,1H3,(H,28,32). The van der Waals surface area contributed by atoms with E-state index in [0.717, 1.165) is 41.1 Å². The van der Waals surface area contributed by atoms with Gasteiger partial charge >= 0.3 is 12.4 Å². The number of aryl methyl sites for hydroxylation is 1. The third kappa shape index (κ3) is 4.74. The van der Waals surface area contributed by atoms with Gasteiger partial charge < -0.3 is 0 Å². The summed E-state index contributed by atoms with van der Waals surface area (Å²) in [5.74, 6) is -1.23. The van der Waals surface area contributed by atoms with Crippen molar-refractivity contribution in [2.75, 3.05) is 5.43 Å². The quantitative estimate of drug-likeness (QED) is 0.453. The number of rotatable bonds is 4. The fourth-order valence-electron chi connectivity index (χ4n) is 2.87. The summed E-state index contributed by atoms with van der Waals surface area (Å²) < 4.78 is 80.1. The fraction of sp³-hybridized carbons (Fsp3) is 0.150. The molecule has 3 aromatic rings. The van der Waals surface area contributed by atoms with Gasteiger partial charge in [-0.3, -0.25) is 20.4 Å². The van der Waals surface area contributed by atoms with Gasteiger partial charge in [0.15, 0.2) is 5.69 Å². The van der Waals surface area contributed by atoms with Crippen LogP contribution in [0.5, 0.6) is 0 Å². The van der Waals surface area contributed by atoms with E-state index < -0.39 is 51.9 Å². The van der Waals surface area contributed by atoms with E-state index in [1.54, 1.807) is 0 Å². The number of hydrogen-bond acceptors (Lipinski definition) is 4. The maximum atomic E-state index is 13.4. The Labute approximate surface area is 176 Å². The summed E-state index contributed by atoms with van der Waals surface area (Å²) in [6, 6.07) is 9.56. The number of amides is 1. The summed E-state index contributed by atoms with van der Waals surface area (Å²) in [6.45, 7) is 1.32. The fourth-order valence-corrected chi connectivity index (χ4v) is 2.87. The van der Waals surface area contributed by atoms with E-state index in [-0.39, 0.29) is 5.69 Å². The van der Waals surface area contributed by atoms with Crippen LogP contribution in [0.3, 0.4) is 0 Å². The van der Waals surface area contributed by atoms with Crippen LogP contribution in [0.2, 0.25) is 0 Å². The number of carbonyl (C=O) groups excluding carboxylic acids is 1. The summed E-state index contributed by atoms with van der Waals surface area (Å²) in [5.41, 5.74) is -0.789. The minimum absolute atomic E-state index is 0.0126. The second kappa shape index (κ2) is 8.36. The topological polar surface area (TPSA) is 76.0 Å². The van der Waals surface area contributed by atoms with Crippen LogP contribution in [0, 0.1) is 6.92 Å². The molecule has 0 unspecified atom stereocenters. The third-order valence-electron chi connectivity index (χ3n) is 4.30. The van der Waals surface area contributed by atoms with Crippen LogP contribution in [0.4, 0.5) is 32.0 Å². The average molecular weight is 456 g/mol. The Morgan fingerprint density at radius 1 is 0.906 bits per heavy atom. The first-order valence-electron chi connectivity index (χ1n) is 8.90. The number of carbonyl (C=O) groups is 1. The van der Waals surface area contributed by atoms with E-state index >= 15 is 0 Å². The van der Waals surface area contributed by atoms with E-state index in [9.17, 15) is 35.9 Å². The van der Waals surface area contributed by atoms with Crippen LogP contribution in [0.1, 0.15) is 27.3 Å². The lowest BCUT2D eigenvalue weighted by Crippen LogP contribution is -2.36. The first-order valence-corrected chi connectivity index (χ1v) is 8.90. The van der Waals surface area contributed by atoms with Crippen molar-refractivity contribution < 1.29 is 31.1 Å². The molecule has 168 valence electrons. The number of alkyl halides is 6. The molecule has 0 spiro atoms. The second-order valence-corrected chi connectivity index (χ2v) is 6.55. The number of hydrogen-bond donors (Lipinski definition) is 2. The Bertz CT molecular complexity index is 1220. The van der Waals surface area contributed by atoms with Gasteiger partial charge in [-0.1, -0.05) is 24.3 Å². The van der Waals surface area contributed by atoms with Gasteiger partial charge in [-0.2, -0.15) is 31.4 Å². The van der Waals surface area contributed by atoms with Crippen molar-refractivity contribution in [1.82, 2.24) is 15.2 Å². The van der Waals surface area contributed by atoms with Crippen LogP contribution in [-0.4, -0.2) is 15.7 Å². The number of nitrogens with one attached hydrogen (secondary N) is 2. The van der Waals surface area contributed by atoms with Crippen LogP contribution in [0.15, 0.2) is 59.4 Å². The van der Waals surface area contributed by atoms with Gasteiger partial charge in [0.1, 0.15) is 0 Å². The van der Waals surface area contributed by atoms with Gasteiger partial charge in [0.25, 0.3) is 5.91 Å². The average Bonchev–Trinajstić information content (AvgIpc) is 2.71. The van der Waals surface area contributed by atoms with Gasteiger partial charge in [0.2, 0.25) is 5.43 Å². The Morgan fingerprint density at radius 2 is 1.47 bits per heavy atom. The summed E-state index contributed by atoms with van der Waals surface area (Å²) in [6.07, 6.45) is -9.45. The van der Waals surface area contributed by atoms with Crippen molar-refractivity contribution in [3.8, 4) is 5.69 Å². The molecular formula is C20H14F6N4O2. The van der Waals surface area contributed by atoms with Gasteiger partial charge in [0.05, 0.1) is 22.5 Å². The zero-order chi connectivity index (χ0) is 23.7. The molecule has 1 heterocycles. The molecule has 0 radical (unpaired) electrons. The number of halogens is 6. The van der Waals surface area contributed by atoms with E-state index in [1.807, 2.05) is 5.43 Å². The Kier molecular flexibility index (Phi) is 5.97. The molecular weight excluding hydrogens is 442 g/mol. The van der Waals surface area contributed by atoms with Crippen LogP contribution >= 0.6 is 0 Å². The molecule has 0 aliphatic heterocycles. The SMILES string of the molecule is Cc1cc(=O)c(C(=O)NNc2ccccc2C(F)(F)F)nn1-c1ccccc1C(F)(F)F. The van der Waals surface area contributed by atoms with Crippen molar-refractivity contribution >= 4 is 11.6 Å². The molecule has 0 aliphatic carbocycles. The smallest absolute Gasteiger partial charge is 0.298 e. The minimum Gasteiger partial charge on any atom is -0.298 e. The Hall–Kier alpha value is -3.83. The molecule has 0 saturated heterocycles. The number of hydrazine groups is 1. The molecule has 0 bridgehead atoms. The van der Waals surface area contributed by atoms with E-state index in [1.165, 1.54) is 25.1 Å². The van der Waals surface area contributed by atoms with Crippen molar-refractivity contribution in [2.45, 2.75) is 19.3 Å². The van der Waals surface area contributed by atoms with Gasteiger partial charge in [-0.15, -0.1) is 0 Å². The summed E-state index contributed by atoms with van der Waals surface area (Å²) in [7, 11) is 0. The maximum Gasteiger partial charge on any atom is 0.418 e. The lowest BCUT2D eigenvalue weighted by molar-refractivity contribution is -0.138. The predicted octanol–water partition coefficient (Wildman–Crippen LogP) is 4.34. The number of anilines is 1. The molecule has 0 fully saturated rings. The van der Waals surface area contributed by atoms with Crippen molar-refractivity contribution in [3.63, 3.8) is 0 Å². The van der Waals surface area contributed by atoms with Gasteiger partial charge in [0, 0.05) is 11.8 Å². The molecule has 0 aliphatic rings. The molecule has 2 aromatic carbocycles. The highest BCUT2D eigenvalue weighted by molar-refractivity contribution is 5.92. The zero-order valence-corrected chi connectivity index (χ0v) is 16.2. The molecule has 6 nitrogen and oxygen atoms in total. The van der Waals surface area contributed by atoms with E-state index in [0.29, 0.717) is 0 Å². The van der Waals surface area contributed by atoms with Gasteiger partial charge in [-0.05, 0) is 31.2 Å². The molecule has 1 aromatic heterocycles. The molecule has 0 saturated carbocycles. The highest BCUT2D eigenvalue weighted by atomic mass is 19.4. The minimum atomic E-state index is -4.74. The molecule has 2 N–H and O–H groups in total. The monoisotopic (exact) mass is 456 g/mol. The highest BCUT2D eigenvalue weighted by Gasteiger charge is 2.35. The van der Waals surface area contributed by atoms with E-state index in [2.05, 4.69) is 10.5 Å². The number of nitrogens with zero attached hydrogens (tertiary/aromatic N) is 2. The highest BCUT2D eigenvalue weighted by Crippen LogP contribution is 2.35. The molecule has 12 heteroatoms. The van der Waals surface area contributed by atoms with Crippen LogP contribution < -0.4 is 16.3 Å². The number of benzene rings is 2. The van der Waals surface area contributed by atoms with Crippen LogP contribution in [0.25, 0.3) is 5.69 Å². The second-order valence-electron chi connectivity index (χ2n) is 6.55. The third-order valence-corrected chi connectivity index (χ3v) is 4.30. The molecule has 0 atom stereocenters. The number of para-hydroxylation sites is 2. The first-order chi connectivity index (χ1) is 14.9.